The molecule has 9 nitrogen and oxygen atoms in total. The van der Waals surface area contributed by atoms with E-state index in [-0.39, 0.29) is 37.0 Å². The molecule has 230 valence electrons. The molecule has 4 atom stereocenters. The lowest BCUT2D eigenvalue weighted by Gasteiger charge is -2.58. The van der Waals surface area contributed by atoms with Crippen LogP contribution >= 0.6 is 0 Å². The molecular weight excluding hydrogens is 536 g/mol. The smallest absolute Gasteiger partial charge is 0.247 e. The number of amides is 2. The molecule has 4 bridgehead atoms. The molecule has 2 amide bonds. The normalized spacial score (nSPS) is 33.8. The molecule has 4 N–H and O–H groups in total. The van der Waals surface area contributed by atoms with E-state index in [0.717, 1.165) is 49.9 Å². The van der Waals surface area contributed by atoms with Gasteiger partial charge in [-0.25, -0.2) is 0 Å². The van der Waals surface area contributed by atoms with Crippen LogP contribution in [0.3, 0.4) is 0 Å². The zero-order valence-corrected chi connectivity index (χ0v) is 24.9. The topological polar surface area (TPSA) is 129 Å². The Morgan fingerprint density at radius 1 is 1.12 bits per heavy atom. The van der Waals surface area contributed by atoms with Crippen LogP contribution in [0.1, 0.15) is 81.8 Å². The van der Waals surface area contributed by atoms with Crippen LogP contribution in [0.4, 0.5) is 0 Å². The lowest BCUT2D eigenvalue weighted by atomic mass is 9.49. The fourth-order valence-electron chi connectivity index (χ4n) is 9.30. The highest BCUT2D eigenvalue weighted by Gasteiger charge is 2.55. The molecule has 4 saturated carbocycles. The number of aliphatic hydroxyl groups excluding tert-OH is 3. The first kappa shape index (κ1) is 29.5. The van der Waals surface area contributed by atoms with E-state index in [9.17, 15) is 24.9 Å². The Balaban J connectivity index is 1.40. The van der Waals surface area contributed by atoms with Gasteiger partial charge in [0.15, 0.2) is 11.5 Å². The largest absolute Gasteiger partial charge is 0.493 e. The highest BCUT2D eigenvalue weighted by Crippen LogP contribution is 2.60. The first-order valence-corrected chi connectivity index (χ1v) is 15.9. The minimum absolute atomic E-state index is 0.0112. The maximum absolute atomic E-state index is 14.0. The van der Waals surface area contributed by atoms with Gasteiger partial charge < -0.3 is 35.0 Å². The summed E-state index contributed by atoms with van der Waals surface area (Å²) in [5, 5.41) is 34.1. The van der Waals surface area contributed by atoms with Crippen molar-refractivity contribution in [1.29, 1.82) is 0 Å². The van der Waals surface area contributed by atoms with E-state index in [2.05, 4.69) is 12.2 Å². The summed E-state index contributed by atoms with van der Waals surface area (Å²) in [5.41, 5.74) is 1.73. The monoisotopic (exact) mass is 582 g/mol. The van der Waals surface area contributed by atoms with E-state index in [4.69, 9.17) is 9.47 Å². The zero-order valence-electron chi connectivity index (χ0n) is 24.9. The van der Waals surface area contributed by atoms with Gasteiger partial charge in [0, 0.05) is 30.6 Å². The van der Waals surface area contributed by atoms with Crippen molar-refractivity contribution in [3.63, 3.8) is 0 Å². The van der Waals surface area contributed by atoms with Crippen molar-refractivity contribution in [2.45, 2.75) is 95.5 Å². The maximum atomic E-state index is 14.0. The number of carbonyl (C=O) groups is 2. The standard InChI is InChI=1S/C33H46N2O7/c1-3-4-5-27(38)35(18-33-14-19-8-20(15-33)10-21(9-19)16-33)25-13-24(32(40)34-6-7-36)28-23-11-22(17-37)12-26(41-2)30(23)42-31(28)29(25)39/h11-13,19-21,25,28-29,31,36-37,39H,3-10,14-18H2,1-2H3,(H,34,40)/t19?,20?,21?,25-,28+,29+,31+,33?/m1/s1. The Morgan fingerprint density at radius 2 is 1.81 bits per heavy atom. The van der Waals surface area contributed by atoms with E-state index >= 15 is 0 Å². The summed E-state index contributed by atoms with van der Waals surface area (Å²) in [4.78, 5) is 29.5. The average molecular weight is 583 g/mol. The highest BCUT2D eigenvalue weighted by atomic mass is 16.5. The first-order chi connectivity index (χ1) is 20.3. The van der Waals surface area contributed by atoms with Crippen molar-refractivity contribution >= 4 is 11.8 Å². The minimum Gasteiger partial charge on any atom is -0.493 e. The summed E-state index contributed by atoms with van der Waals surface area (Å²) < 4.78 is 12.0. The molecule has 0 aromatic heterocycles. The van der Waals surface area contributed by atoms with Gasteiger partial charge in [0.25, 0.3) is 0 Å². The van der Waals surface area contributed by atoms with Gasteiger partial charge in [-0.3, -0.25) is 9.59 Å². The molecule has 1 aromatic carbocycles. The summed E-state index contributed by atoms with van der Waals surface area (Å²) >= 11 is 0. The first-order valence-electron chi connectivity index (χ1n) is 15.9. The fraction of sp³-hybridized carbons (Fsp3) is 0.697. The molecule has 1 heterocycles. The quantitative estimate of drug-likeness (QED) is 0.316. The van der Waals surface area contributed by atoms with E-state index in [0.29, 0.717) is 41.2 Å². The van der Waals surface area contributed by atoms with E-state index in [1.807, 2.05) is 4.90 Å². The van der Waals surface area contributed by atoms with Crippen molar-refractivity contribution in [2.75, 3.05) is 26.8 Å². The lowest BCUT2D eigenvalue weighted by molar-refractivity contribution is -0.145. The summed E-state index contributed by atoms with van der Waals surface area (Å²) in [5.74, 6) is 2.07. The van der Waals surface area contributed by atoms with Gasteiger partial charge in [-0.05, 0) is 91.9 Å². The van der Waals surface area contributed by atoms with Gasteiger partial charge in [0.1, 0.15) is 12.2 Å². The SMILES string of the molecule is CCCCC(=O)N(CC12CC3CC(CC(C3)C1)C2)[C@@H]1C=C(C(=O)NCCO)[C@@H]2c3cc(CO)cc(OC)c3O[C@@H]2[C@H]1O. The molecule has 0 spiro atoms. The predicted octanol–water partition coefficient (Wildman–Crippen LogP) is 3.05. The Labute approximate surface area is 248 Å². The number of ether oxygens (including phenoxy) is 2. The summed E-state index contributed by atoms with van der Waals surface area (Å²) in [6, 6.07) is 2.77. The van der Waals surface area contributed by atoms with Crippen LogP contribution in [0.15, 0.2) is 23.8 Å². The van der Waals surface area contributed by atoms with Crippen molar-refractivity contribution in [2.24, 2.45) is 23.2 Å². The number of fused-ring (bicyclic) bond motifs is 3. The van der Waals surface area contributed by atoms with Gasteiger partial charge >= 0.3 is 0 Å². The average Bonchev–Trinajstić information content (AvgIpc) is 3.36. The number of carbonyl (C=O) groups excluding carboxylic acids is 2. The van der Waals surface area contributed by atoms with E-state index in [1.54, 1.807) is 18.2 Å². The Morgan fingerprint density at radius 3 is 2.40 bits per heavy atom. The van der Waals surface area contributed by atoms with E-state index in [1.165, 1.54) is 26.4 Å². The summed E-state index contributed by atoms with van der Waals surface area (Å²) in [6.45, 7) is 2.32. The molecule has 0 saturated heterocycles. The number of aliphatic hydroxyl groups is 3. The van der Waals surface area contributed by atoms with Crippen LogP contribution in [-0.2, 0) is 16.2 Å². The third kappa shape index (κ3) is 5.22. The highest BCUT2D eigenvalue weighted by molar-refractivity contribution is 5.96. The summed E-state index contributed by atoms with van der Waals surface area (Å²) in [6.07, 6.45) is 9.24. The van der Waals surface area contributed by atoms with Gasteiger partial charge in [-0.1, -0.05) is 13.3 Å². The van der Waals surface area contributed by atoms with Crippen LogP contribution in [0, 0.1) is 23.2 Å². The fourth-order valence-corrected chi connectivity index (χ4v) is 9.30. The number of hydrogen-bond donors (Lipinski definition) is 4. The number of hydrogen-bond acceptors (Lipinski definition) is 7. The van der Waals surface area contributed by atoms with Gasteiger partial charge in [-0.15, -0.1) is 0 Å². The van der Waals surface area contributed by atoms with Crippen molar-refractivity contribution in [3.8, 4) is 11.5 Å². The molecule has 4 fully saturated rings. The van der Waals surface area contributed by atoms with Gasteiger partial charge in [0.2, 0.25) is 11.8 Å². The number of rotatable bonds is 11. The predicted molar refractivity (Wildman–Crippen MR) is 156 cm³/mol. The second-order valence-electron chi connectivity index (χ2n) is 13.6. The third-order valence-corrected chi connectivity index (χ3v) is 10.6. The lowest BCUT2D eigenvalue weighted by Crippen LogP contribution is -2.59. The van der Waals surface area contributed by atoms with Crippen molar-refractivity contribution in [3.05, 3.63) is 34.9 Å². The Hall–Kier alpha value is -2.62. The van der Waals surface area contributed by atoms with Crippen LogP contribution < -0.4 is 14.8 Å². The van der Waals surface area contributed by atoms with Gasteiger partial charge in [0.05, 0.1) is 32.3 Å². The number of unbranched alkanes of at least 4 members (excludes halogenated alkanes) is 1. The Kier molecular flexibility index (Phi) is 8.28. The second kappa shape index (κ2) is 11.8. The van der Waals surface area contributed by atoms with Crippen LogP contribution in [0.5, 0.6) is 11.5 Å². The van der Waals surface area contributed by atoms with Crippen LogP contribution in [-0.4, -0.2) is 77.1 Å². The van der Waals surface area contributed by atoms with Crippen molar-refractivity contribution < 1.29 is 34.4 Å². The number of methoxy groups -OCH3 is 1. The van der Waals surface area contributed by atoms with Crippen LogP contribution in [0.2, 0.25) is 0 Å². The molecule has 1 aliphatic heterocycles. The summed E-state index contributed by atoms with van der Waals surface area (Å²) in [7, 11) is 1.52. The zero-order chi connectivity index (χ0) is 29.6. The van der Waals surface area contributed by atoms with Gasteiger partial charge in [-0.2, -0.15) is 0 Å². The van der Waals surface area contributed by atoms with Crippen LogP contribution in [0.25, 0.3) is 0 Å². The molecule has 9 heteroatoms. The molecule has 0 unspecified atom stereocenters. The molecule has 0 radical (unpaired) electrons. The molecular formula is C33H46N2O7. The molecule has 5 aliphatic carbocycles. The molecule has 42 heavy (non-hydrogen) atoms. The minimum atomic E-state index is -1.07. The number of benzene rings is 1. The van der Waals surface area contributed by atoms with Crippen molar-refractivity contribution in [1.82, 2.24) is 10.2 Å². The number of nitrogens with one attached hydrogen (secondary N) is 1. The molecule has 7 rings (SSSR count). The maximum Gasteiger partial charge on any atom is 0.247 e. The molecule has 6 aliphatic rings. The second-order valence-corrected chi connectivity index (χ2v) is 13.6. The Bertz CT molecular complexity index is 1190. The number of nitrogens with zero attached hydrogens (tertiary/aromatic N) is 1. The van der Waals surface area contributed by atoms with E-state index < -0.39 is 24.2 Å². The third-order valence-electron chi connectivity index (χ3n) is 10.6. The molecule has 1 aromatic rings.